The quantitative estimate of drug-likeness (QED) is 0.839. The monoisotopic (exact) mass is 294 g/mol. The van der Waals surface area contributed by atoms with Gasteiger partial charge in [-0.2, -0.15) is 5.26 Å². The molecule has 22 heavy (non-hydrogen) atoms. The molecule has 1 aliphatic rings. The smallest absolute Gasteiger partial charge is 0.114 e. The fraction of sp³-hybridized carbons (Fsp3) is 0.316. The molecule has 0 aromatic heterocycles. The molecule has 2 aromatic rings. The second kappa shape index (κ2) is 6.72. The lowest BCUT2D eigenvalue weighted by Gasteiger charge is -2.28. The van der Waals surface area contributed by atoms with Crippen LogP contribution < -0.4 is 0 Å². The Balaban J connectivity index is 1.67. The van der Waals surface area contributed by atoms with E-state index in [2.05, 4.69) is 17.0 Å². The van der Waals surface area contributed by atoms with E-state index in [1.54, 1.807) is 6.08 Å². The molecule has 1 aliphatic heterocycles. The summed E-state index contributed by atoms with van der Waals surface area (Å²) in [7, 11) is 0. The molecule has 0 aliphatic carbocycles. The Labute approximate surface area is 130 Å². The zero-order chi connectivity index (χ0) is 15.4. The van der Waals surface area contributed by atoms with E-state index < -0.39 is 0 Å². The van der Waals surface area contributed by atoms with Gasteiger partial charge in [0.1, 0.15) is 5.83 Å². The van der Waals surface area contributed by atoms with E-state index in [-0.39, 0.29) is 11.7 Å². The molecule has 112 valence electrons. The van der Waals surface area contributed by atoms with Crippen molar-refractivity contribution >= 4 is 16.8 Å². The molecule has 3 heteroatoms. The van der Waals surface area contributed by atoms with Crippen molar-refractivity contribution in [2.75, 3.05) is 19.6 Å². The number of nitrogens with zero attached hydrogens (tertiary/aromatic N) is 2. The summed E-state index contributed by atoms with van der Waals surface area (Å²) in [5, 5.41) is 11.2. The normalized spacial score (nSPS) is 17.5. The molecule has 0 saturated carbocycles. The van der Waals surface area contributed by atoms with Gasteiger partial charge in [-0.25, -0.2) is 4.39 Å². The summed E-state index contributed by atoms with van der Waals surface area (Å²) in [6.45, 7) is 1.94. The van der Waals surface area contributed by atoms with Gasteiger partial charge in [0.05, 0.1) is 12.6 Å². The molecule has 2 aromatic carbocycles. The average Bonchev–Trinajstić information content (AvgIpc) is 2.55. The van der Waals surface area contributed by atoms with Crippen molar-refractivity contribution < 1.29 is 4.39 Å². The van der Waals surface area contributed by atoms with Crippen molar-refractivity contribution in [1.29, 1.82) is 5.26 Å². The van der Waals surface area contributed by atoms with Crippen molar-refractivity contribution in [2.45, 2.75) is 12.8 Å². The van der Waals surface area contributed by atoms with E-state index in [9.17, 15) is 4.39 Å². The average molecular weight is 294 g/mol. The van der Waals surface area contributed by atoms with Gasteiger partial charge in [0.15, 0.2) is 0 Å². The first-order valence-electron chi connectivity index (χ1n) is 7.71. The Hall–Kier alpha value is -2.18. The minimum absolute atomic E-state index is 0.120. The topological polar surface area (TPSA) is 27.0 Å². The number of hydrogen-bond donors (Lipinski definition) is 0. The maximum absolute atomic E-state index is 14.2. The molecule has 1 fully saturated rings. The van der Waals surface area contributed by atoms with Crippen LogP contribution in [0.4, 0.5) is 4.39 Å². The van der Waals surface area contributed by atoms with Crippen molar-refractivity contribution in [1.82, 2.24) is 4.90 Å². The highest BCUT2D eigenvalue weighted by Crippen LogP contribution is 2.20. The van der Waals surface area contributed by atoms with E-state index in [1.807, 2.05) is 36.4 Å². The van der Waals surface area contributed by atoms with E-state index in [0.29, 0.717) is 6.54 Å². The predicted molar refractivity (Wildman–Crippen MR) is 87.8 cm³/mol. The van der Waals surface area contributed by atoms with Crippen molar-refractivity contribution in [3.05, 3.63) is 53.9 Å². The molecule has 0 atom stereocenters. The third kappa shape index (κ3) is 3.52. The van der Waals surface area contributed by atoms with E-state index >= 15 is 0 Å². The molecule has 1 saturated heterocycles. The van der Waals surface area contributed by atoms with Crippen molar-refractivity contribution in [2.24, 2.45) is 5.92 Å². The first kappa shape index (κ1) is 14.7. The number of halogens is 1. The number of hydrogen-bond acceptors (Lipinski definition) is 2. The predicted octanol–water partition coefficient (Wildman–Crippen LogP) is 4.39. The van der Waals surface area contributed by atoms with Gasteiger partial charge in [0, 0.05) is 5.92 Å². The fourth-order valence-electron chi connectivity index (χ4n) is 2.96. The Kier molecular flexibility index (Phi) is 4.50. The maximum atomic E-state index is 14.2. The minimum Gasteiger partial charge on any atom is -0.297 e. The SMILES string of the molecule is N#CC1CCN(C/C(F)=C/c2ccc3ccccc3c2)CC1. The first-order chi connectivity index (χ1) is 10.7. The molecule has 0 bridgehead atoms. The molecule has 3 rings (SSSR count). The third-order valence-corrected chi connectivity index (χ3v) is 4.24. The third-order valence-electron chi connectivity index (χ3n) is 4.24. The molecule has 0 unspecified atom stereocenters. The van der Waals surface area contributed by atoms with Gasteiger partial charge in [0.2, 0.25) is 0 Å². The van der Waals surface area contributed by atoms with Gasteiger partial charge in [-0.15, -0.1) is 0 Å². The summed E-state index contributed by atoms with van der Waals surface area (Å²) >= 11 is 0. The molecule has 2 nitrogen and oxygen atoms in total. The van der Waals surface area contributed by atoms with E-state index in [4.69, 9.17) is 5.26 Å². The lowest BCUT2D eigenvalue weighted by atomic mass is 9.98. The second-order valence-corrected chi connectivity index (χ2v) is 5.88. The van der Waals surface area contributed by atoms with Crippen molar-refractivity contribution in [3.8, 4) is 6.07 Å². The van der Waals surface area contributed by atoms with Crippen LogP contribution in [0.2, 0.25) is 0 Å². The number of benzene rings is 2. The maximum Gasteiger partial charge on any atom is 0.114 e. The highest BCUT2D eigenvalue weighted by Gasteiger charge is 2.19. The summed E-state index contributed by atoms with van der Waals surface area (Å²) in [6, 6.07) is 16.4. The van der Waals surface area contributed by atoms with Gasteiger partial charge in [-0.3, -0.25) is 4.90 Å². The zero-order valence-corrected chi connectivity index (χ0v) is 12.5. The Morgan fingerprint density at radius 2 is 1.91 bits per heavy atom. The number of fused-ring (bicyclic) bond motifs is 1. The highest BCUT2D eigenvalue weighted by molar-refractivity contribution is 5.84. The van der Waals surface area contributed by atoms with E-state index in [0.717, 1.165) is 36.9 Å². The standard InChI is InChI=1S/C19H19FN2/c20-19(14-22-9-7-15(13-21)8-10-22)12-16-5-6-17-3-1-2-4-18(17)11-16/h1-6,11-12,15H,7-10,14H2/b19-12-. The molecule has 1 heterocycles. The summed E-state index contributed by atoms with van der Waals surface area (Å²) in [5.74, 6) is 0.0227. The summed E-state index contributed by atoms with van der Waals surface area (Å²) < 4.78 is 14.2. The van der Waals surface area contributed by atoms with Crippen LogP contribution in [0.15, 0.2) is 48.3 Å². The van der Waals surface area contributed by atoms with Crippen LogP contribution in [0.25, 0.3) is 16.8 Å². The Bertz CT molecular complexity index is 722. The fourth-order valence-corrected chi connectivity index (χ4v) is 2.96. The summed E-state index contributed by atoms with van der Waals surface area (Å²) in [5.41, 5.74) is 0.892. The van der Waals surface area contributed by atoms with Crippen molar-refractivity contribution in [3.63, 3.8) is 0 Å². The van der Waals surface area contributed by atoms with E-state index in [1.165, 1.54) is 5.39 Å². The molecule has 0 radical (unpaired) electrons. The van der Waals surface area contributed by atoms with Gasteiger partial charge >= 0.3 is 0 Å². The van der Waals surface area contributed by atoms with Crippen LogP contribution in [-0.4, -0.2) is 24.5 Å². The molecular formula is C19H19FN2. The number of nitriles is 1. The van der Waals surface area contributed by atoms with Gasteiger partial charge < -0.3 is 0 Å². The van der Waals surface area contributed by atoms with Gasteiger partial charge in [-0.05, 0) is 54.4 Å². The lowest BCUT2D eigenvalue weighted by Crippen LogP contribution is -2.34. The number of piperidine rings is 1. The summed E-state index contributed by atoms with van der Waals surface area (Å²) in [4.78, 5) is 2.08. The molecule has 0 N–H and O–H groups in total. The number of likely N-dealkylation sites (tertiary alicyclic amines) is 1. The second-order valence-electron chi connectivity index (χ2n) is 5.88. The zero-order valence-electron chi connectivity index (χ0n) is 12.5. The lowest BCUT2D eigenvalue weighted by molar-refractivity contribution is 0.211. The van der Waals surface area contributed by atoms with Gasteiger partial charge in [-0.1, -0.05) is 36.4 Å². The summed E-state index contributed by atoms with van der Waals surface area (Å²) in [6.07, 6.45) is 3.31. The molecular weight excluding hydrogens is 275 g/mol. The Morgan fingerprint density at radius 3 is 2.64 bits per heavy atom. The van der Waals surface area contributed by atoms with Crippen LogP contribution in [-0.2, 0) is 0 Å². The van der Waals surface area contributed by atoms with Crippen LogP contribution in [0.5, 0.6) is 0 Å². The van der Waals surface area contributed by atoms with Crippen LogP contribution >= 0.6 is 0 Å². The number of rotatable bonds is 3. The molecule has 0 spiro atoms. The molecule has 0 amide bonds. The van der Waals surface area contributed by atoms with Crippen LogP contribution in [0.3, 0.4) is 0 Å². The minimum atomic E-state index is -0.120. The van der Waals surface area contributed by atoms with Crippen LogP contribution in [0.1, 0.15) is 18.4 Å². The van der Waals surface area contributed by atoms with Crippen LogP contribution in [0, 0.1) is 17.2 Å². The first-order valence-corrected chi connectivity index (χ1v) is 7.71. The highest BCUT2D eigenvalue weighted by atomic mass is 19.1. The Morgan fingerprint density at radius 1 is 1.18 bits per heavy atom. The van der Waals surface area contributed by atoms with Gasteiger partial charge in [0.25, 0.3) is 0 Å². The largest absolute Gasteiger partial charge is 0.297 e.